The lowest BCUT2D eigenvalue weighted by atomic mass is 10.2. The van der Waals surface area contributed by atoms with Crippen molar-refractivity contribution in [3.05, 3.63) is 29.8 Å². The Kier molecular flexibility index (Phi) is 10.7. The second-order valence-corrected chi connectivity index (χ2v) is 5.07. The van der Waals surface area contributed by atoms with Gasteiger partial charge in [-0.15, -0.1) is 0 Å². The van der Waals surface area contributed by atoms with Gasteiger partial charge in [-0.2, -0.15) is 0 Å². The molecule has 0 unspecified atom stereocenters. The van der Waals surface area contributed by atoms with Crippen LogP contribution in [0.5, 0.6) is 5.75 Å². The van der Waals surface area contributed by atoms with E-state index in [-0.39, 0.29) is 0 Å². The standard InChI is InChI=1S/C7H8O.C6H16O3Si/c1-6-2-4-7(8)5-3-6;1-4-7-10(8-5-2)9-6-3/h2-5,8H,1H3;10H,4-6H2,1-3H3. The monoisotopic (exact) mass is 272 g/mol. The Balaban J connectivity index is 0.000000327. The second-order valence-electron chi connectivity index (χ2n) is 3.49. The summed E-state index contributed by atoms with van der Waals surface area (Å²) in [6.45, 7) is 9.85. The first-order chi connectivity index (χ1) is 8.63. The smallest absolute Gasteiger partial charge is 0.484 e. The molecule has 0 aliphatic heterocycles. The molecule has 1 aromatic carbocycles. The maximum atomic E-state index is 8.76. The highest BCUT2D eigenvalue weighted by Gasteiger charge is 2.11. The fourth-order valence-electron chi connectivity index (χ4n) is 1.10. The van der Waals surface area contributed by atoms with Crippen molar-refractivity contribution in [1.82, 2.24) is 0 Å². The average Bonchev–Trinajstić information content (AvgIpc) is 2.35. The van der Waals surface area contributed by atoms with Crippen LogP contribution >= 0.6 is 0 Å². The van der Waals surface area contributed by atoms with Crippen LogP contribution in [-0.4, -0.2) is 34.5 Å². The molecule has 0 aliphatic rings. The molecule has 0 saturated carbocycles. The van der Waals surface area contributed by atoms with Gasteiger partial charge in [0.1, 0.15) is 5.75 Å². The molecule has 18 heavy (non-hydrogen) atoms. The van der Waals surface area contributed by atoms with Crippen molar-refractivity contribution in [3.63, 3.8) is 0 Å². The van der Waals surface area contributed by atoms with E-state index in [9.17, 15) is 0 Å². The number of aryl methyl sites for hydroxylation is 1. The van der Waals surface area contributed by atoms with Crippen molar-refractivity contribution < 1.29 is 18.4 Å². The van der Waals surface area contributed by atoms with Crippen LogP contribution in [0.1, 0.15) is 26.3 Å². The lowest BCUT2D eigenvalue weighted by Crippen LogP contribution is -2.27. The Hall–Kier alpha value is -0.883. The summed E-state index contributed by atoms with van der Waals surface area (Å²) in [5.74, 6) is 0.329. The topological polar surface area (TPSA) is 47.9 Å². The summed E-state index contributed by atoms with van der Waals surface area (Å²) in [6.07, 6.45) is 0. The molecular weight excluding hydrogens is 248 g/mol. The van der Waals surface area contributed by atoms with Crippen LogP contribution in [0, 0.1) is 6.92 Å². The van der Waals surface area contributed by atoms with Gasteiger partial charge in [-0.1, -0.05) is 17.7 Å². The third-order valence-corrected chi connectivity index (χ3v) is 3.76. The van der Waals surface area contributed by atoms with E-state index in [4.69, 9.17) is 18.4 Å². The number of phenols is 1. The molecule has 4 nitrogen and oxygen atoms in total. The van der Waals surface area contributed by atoms with Crippen LogP contribution in [-0.2, 0) is 13.3 Å². The van der Waals surface area contributed by atoms with Crippen LogP contribution in [0.3, 0.4) is 0 Å². The van der Waals surface area contributed by atoms with Gasteiger partial charge < -0.3 is 18.4 Å². The molecule has 0 bridgehead atoms. The van der Waals surface area contributed by atoms with Crippen molar-refractivity contribution in [2.24, 2.45) is 0 Å². The zero-order valence-corrected chi connectivity index (χ0v) is 12.8. The van der Waals surface area contributed by atoms with E-state index in [1.165, 1.54) is 5.56 Å². The quantitative estimate of drug-likeness (QED) is 0.808. The summed E-state index contributed by atoms with van der Waals surface area (Å²) in [4.78, 5) is 0. The highest BCUT2D eigenvalue weighted by atomic mass is 28.3. The van der Waals surface area contributed by atoms with Crippen molar-refractivity contribution in [3.8, 4) is 5.75 Å². The minimum Gasteiger partial charge on any atom is -0.508 e. The van der Waals surface area contributed by atoms with Crippen LogP contribution < -0.4 is 0 Å². The molecule has 1 aromatic rings. The number of rotatable bonds is 6. The van der Waals surface area contributed by atoms with Gasteiger partial charge in [-0.3, -0.25) is 0 Å². The highest BCUT2D eigenvalue weighted by molar-refractivity contribution is 6.36. The molecule has 1 N–H and O–H groups in total. The molecule has 0 atom stereocenters. The molecule has 0 spiro atoms. The van der Waals surface area contributed by atoms with Crippen molar-refractivity contribution in [2.45, 2.75) is 27.7 Å². The molecule has 0 saturated heterocycles. The van der Waals surface area contributed by atoms with Crippen LogP contribution in [0.25, 0.3) is 0 Å². The summed E-state index contributed by atoms with van der Waals surface area (Å²) in [7, 11) is -1.73. The van der Waals surface area contributed by atoms with Gasteiger partial charge in [0.25, 0.3) is 0 Å². The Labute approximate surface area is 111 Å². The van der Waals surface area contributed by atoms with E-state index in [1.54, 1.807) is 12.1 Å². The summed E-state index contributed by atoms with van der Waals surface area (Å²) in [5, 5.41) is 8.76. The maximum absolute atomic E-state index is 8.76. The first-order valence-corrected chi connectivity index (χ1v) is 7.65. The van der Waals surface area contributed by atoms with E-state index < -0.39 is 9.53 Å². The Bertz CT molecular complexity index is 254. The summed E-state index contributed by atoms with van der Waals surface area (Å²) in [5.41, 5.74) is 1.17. The molecule has 1 rings (SSSR count). The van der Waals surface area contributed by atoms with E-state index in [0.717, 1.165) is 0 Å². The molecule has 0 aliphatic carbocycles. The van der Waals surface area contributed by atoms with Gasteiger partial charge >= 0.3 is 9.53 Å². The largest absolute Gasteiger partial charge is 0.508 e. The number of hydrogen-bond donors (Lipinski definition) is 1. The molecule has 5 heteroatoms. The van der Waals surface area contributed by atoms with Gasteiger partial charge in [-0.05, 0) is 39.8 Å². The summed E-state index contributed by atoms with van der Waals surface area (Å²) >= 11 is 0. The molecule has 0 heterocycles. The predicted octanol–water partition coefficient (Wildman–Crippen LogP) is 2.51. The molecule has 0 amide bonds. The third kappa shape index (κ3) is 9.18. The van der Waals surface area contributed by atoms with Gasteiger partial charge in [0.2, 0.25) is 0 Å². The molecule has 0 fully saturated rings. The normalized spacial score (nSPS) is 10.1. The number of benzene rings is 1. The zero-order valence-electron chi connectivity index (χ0n) is 11.7. The molecular formula is C13H24O4Si. The fraction of sp³-hybridized carbons (Fsp3) is 0.538. The number of hydrogen-bond acceptors (Lipinski definition) is 4. The Morgan fingerprint density at radius 3 is 1.56 bits per heavy atom. The van der Waals surface area contributed by atoms with E-state index in [0.29, 0.717) is 25.6 Å². The lowest BCUT2D eigenvalue weighted by molar-refractivity contribution is 0.107. The summed E-state index contributed by atoms with van der Waals surface area (Å²) in [6, 6.07) is 7.09. The molecule has 0 radical (unpaired) electrons. The van der Waals surface area contributed by atoms with Crippen LogP contribution in [0.2, 0.25) is 0 Å². The zero-order chi connectivity index (χ0) is 13.8. The van der Waals surface area contributed by atoms with Gasteiger partial charge in [0.15, 0.2) is 0 Å². The minimum atomic E-state index is -1.73. The summed E-state index contributed by atoms with van der Waals surface area (Å²) < 4.78 is 15.7. The Morgan fingerprint density at radius 2 is 1.28 bits per heavy atom. The first-order valence-electron chi connectivity index (χ1n) is 6.24. The average molecular weight is 272 g/mol. The number of phenolic OH excluding ortho intramolecular Hbond substituents is 1. The number of aromatic hydroxyl groups is 1. The van der Waals surface area contributed by atoms with Gasteiger partial charge in [0, 0.05) is 19.8 Å². The second kappa shape index (κ2) is 11.2. The molecule has 104 valence electrons. The maximum Gasteiger partial charge on any atom is 0.484 e. The third-order valence-electron chi connectivity index (χ3n) is 1.94. The van der Waals surface area contributed by atoms with Crippen molar-refractivity contribution >= 4 is 9.53 Å². The van der Waals surface area contributed by atoms with E-state index in [1.807, 2.05) is 39.8 Å². The highest BCUT2D eigenvalue weighted by Crippen LogP contribution is 2.07. The van der Waals surface area contributed by atoms with Gasteiger partial charge in [-0.25, -0.2) is 0 Å². The lowest BCUT2D eigenvalue weighted by Gasteiger charge is -2.12. The van der Waals surface area contributed by atoms with Crippen molar-refractivity contribution in [2.75, 3.05) is 19.8 Å². The predicted molar refractivity (Wildman–Crippen MR) is 74.9 cm³/mol. The molecule has 0 aromatic heterocycles. The first kappa shape index (κ1) is 17.1. The fourth-order valence-corrected chi connectivity index (χ4v) is 2.20. The SMILES string of the molecule is CCO[SiH](OCC)OCC.Cc1ccc(O)cc1. The van der Waals surface area contributed by atoms with Crippen molar-refractivity contribution in [1.29, 1.82) is 0 Å². The minimum absolute atomic E-state index is 0.329. The van der Waals surface area contributed by atoms with E-state index in [2.05, 4.69) is 0 Å². The van der Waals surface area contributed by atoms with Crippen LogP contribution in [0.4, 0.5) is 0 Å². The van der Waals surface area contributed by atoms with Crippen LogP contribution in [0.15, 0.2) is 24.3 Å². The van der Waals surface area contributed by atoms with E-state index >= 15 is 0 Å². The van der Waals surface area contributed by atoms with Gasteiger partial charge in [0.05, 0.1) is 0 Å². The Morgan fingerprint density at radius 1 is 0.889 bits per heavy atom.